The maximum Gasteiger partial charge on any atom is 0.281 e. The van der Waals surface area contributed by atoms with Crippen LogP contribution < -0.4 is 10.0 Å². The molecular weight excluding hydrogens is 410 g/mol. The van der Waals surface area contributed by atoms with Crippen LogP contribution in [0.5, 0.6) is 0 Å². The first-order valence-electron chi connectivity index (χ1n) is 5.55. The van der Waals surface area contributed by atoms with Crippen LogP contribution in [0.25, 0.3) is 0 Å². The van der Waals surface area contributed by atoms with E-state index in [4.69, 9.17) is 0 Å². The van der Waals surface area contributed by atoms with Crippen LogP contribution >= 0.6 is 31.9 Å². The highest BCUT2D eigenvalue weighted by Gasteiger charge is 2.21. The fraction of sp³-hybridized carbons (Fsp3) is 0.0833. The number of sulfonamides is 1. The van der Waals surface area contributed by atoms with Gasteiger partial charge in [0.15, 0.2) is 5.03 Å². The third kappa shape index (κ3) is 3.13. The van der Waals surface area contributed by atoms with Crippen LogP contribution in [0.2, 0.25) is 0 Å². The molecule has 2 aromatic rings. The van der Waals surface area contributed by atoms with Crippen molar-refractivity contribution in [3.8, 4) is 0 Å². The summed E-state index contributed by atoms with van der Waals surface area (Å²) in [5, 5.41) is 2.76. The van der Waals surface area contributed by atoms with E-state index in [9.17, 15) is 8.42 Å². The molecule has 1 aromatic heterocycles. The van der Waals surface area contributed by atoms with Crippen LogP contribution in [0.4, 0.5) is 11.4 Å². The number of hydrogen-bond acceptors (Lipinski definition) is 4. The minimum atomic E-state index is -3.78. The number of pyridine rings is 1. The third-order valence-corrected chi connectivity index (χ3v) is 5.12. The van der Waals surface area contributed by atoms with Gasteiger partial charge in [0.25, 0.3) is 10.0 Å². The van der Waals surface area contributed by atoms with Gasteiger partial charge in [0.2, 0.25) is 0 Å². The molecule has 0 saturated heterocycles. The molecule has 0 amide bonds. The first kappa shape index (κ1) is 15.3. The van der Waals surface area contributed by atoms with Crippen LogP contribution in [0.3, 0.4) is 0 Å². The zero-order chi connectivity index (χ0) is 14.8. The number of hydrogen-bond donors (Lipinski definition) is 2. The minimum absolute atomic E-state index is 0.0508. The van der Waals surface area contributed by atoms with Gasteiger partial charge in [0.1, 0.15) is 0 Å². The Balaban J connectivity index is 2.47. The summed E-state index contributed by atoms with van der Waals surface area (Å²) in [4.78, 5) is 3.93. The smallest absolute Gasteiger partial charge is 0.281 e. The van der Waals surface area contributed by atoms with Crippen LogP contribution in [-0.2, 0) is 10.0 Å². The van der Waals surface area contributed by atoms with Gasteiger partial charge < -0.3 is 5.32 Å². The van der Waals surface area contributed by atoms with Gasteiger partial charge in [-0.2, -0.15) is 8.42 Å². The maximum absolute atomic E-state index is 12.4. The fourth-order valence-corrected chi connectivity index (χ4v) is 4.28. The number of nitrogens with one attached hydrogen (secondary N) is 2. The average molecular weight is 421 g/mol. The van der Waals surface area contributed by atoms with E-state index >= 15 is 0 Å². The second kappa shape index (κ2) is 6.11. The molecule has 2 N–H and O–H groups in total. The van der Waals surface area contributed by atoms with Crippen molar-refractivity contribution in [1.82, 2.24) is 4.98 Å². The molecule has 0 bridgehead atoms. The Labute approximate surface area is 134 Å². The summed E-state index contributed by atoms with van der Waals surface area (Å²) in [7, 11) is -2.14. The molecule has 0 aliphatic heterocycles. The van der Waals surface area contributed by atoms with Gasteiger partial charge in [-0.3, -0.25) is 4.72 Å². The van der Waals surface area contributed by atoms with Gasteiger partial charge >= 0.3 is 0 Å². The van der Waals surface area contributed by atoms with Crippen LogP contribution in [0.1, 0.15) is 0 Å². The molecule has 0 radical (unpaired) electrons. The Kier molecular flexibility index (Phi) is 4.66. The Bertz CT molecular complexity index is 715. The van der Waals surface area contributed by atoms with E-state index in [-0.39, 0.29) is 5.03 Å². The molecule has 0 saturated carbocycles. The lowest BCUT2D eigenvalue weighted by atomic mass is 10.3. The lowest BCUT2D eigenvalue weighted by molar-refractivity contribution is 0.598. The molecule has 106 valence electrons. The zero-order valence-electron chi connectivity index (χ0n) is 10.4. The van der Waals surface area contributed by atoms with Crippen LogP contribution in [0.15, 0.2) is 50.5 Å². The lowest BCUT2D eigenvalue weighted by Crippen LogP contribution is -2.16. The number of benzene rings is 1. The van der Waals surface area contributed by atoms with Crippen molar-refractivity contribution in [3.05, 3.63) is 45.5 Å². The second-order valence-corrected chi connectivity index (χ2v) is 7.11. The molecule has 1 heterocycles. The minimum Gasteiger partial charge on any atom is -0.386 e. The predicted molar refractivity (Wildman–Crippen MR) is 86.4 cm³/mol. The number of para-hydroxylation sites is 1. The van der Waals surface area contributed by atoms with Crippen molar-refractivity contribution in [3.63, 3.8) is 0 Å². The average Bonchev–Trinajstić information content (AvgIpc) is 2.43. The number of anilines is 2. The predicted octanol–water partition coefficient (Wildman–Crippen LogP) is 3.45. The van der Waals surface area contributed by atoms with Crippen molar-refractivity contribution in [2.75, 3.05) is 17.1 Å². The summed E-state index contributed by atoms with van der Waals surface area (Å²) in [6.07, 6.45) is 1.44. The summed E-state index contributed by atoms with van der Waals surface area (Å²) in [5.74, 6) is 0. The Hall–Kier alpha value is -1.12. The van der Waals surface area contributed by atoms with Crippen molar-refractivity contribution in [2.45, 2.75) is 5.03 Å². The SMILES string of the molecule is CNc1cccnc1S(=O)(=O)Nc1c(Br)cccc1Br. The Morgan fingerprint density at radius 1 is 1.10 bits per heavy atom. The highest BCUT2D eigenvalue weighted by Crippen LogP contribution is 2.32. The molecule has 0 spiro atoms. The zero-order valence-corrected chi connectivity index (χ0v) is 14.4. The second-order valence-electron chi connectivity index (χ2n) is 3.81. The van der Waals surface area contributed by atoms with E-state index < -0.39 is 10.0 Å². The van der Waals surface area contributed by atoms with E-state index in [1.807, 2.05) is 0 Å². The van der Waals surface area contributed by atoms with Crippen molar-refractivity contribution < 1.29 is 8.42 Å². The highest BCUT2D eigenvalue weighted by atomic mass is 79.9. The normalized spacial score (nSPS) is 11.2. The Morgan fingerprint density at radius 2 is 1.75 bits per heavy atom. The van der Waals surface area contributed by atoms with Gasteiger partial charge in [-0.15, -0.1) is 0 Å². The van der Waals surface area contributed by atoms with E-state index in [0.717, 1.165) is 0 Å². The first-order chi connectivity index (χ1) is 9.45. The van der Waals surface area contributed by atoms with Crippen molar-refractivity contribution in [2.24, 2.45) is 0 Å². The molecule has 0 aliphatic rings. The molecular formula is C12H11Br2N3O2S. The molecule has 5 nitrogen and oxygen atoms in total. The summed E-state index contributed by atoms with van der Waals surface area (Å²) in [6.45, 7) is 0. The van der Waals surface area contributed by atoms with E-state index in [0.29, 0.717) is 20.3 Å². The Morgan fingerprint density at radius 3 is 2.35 bits per heavy atom. The van der Waals surface area contributed by atoms with Gasteiger partial charge in [0, 0.05) is 22.2 Å². The number of halogens is 2. The largest absolute Gasteiger partial charge is 0.386 e. The van der Waals surface area contributed by atoms with Crippen molar-refractivity contribution in [1.29, 1.82) is 0 Å². The summed E-state index contributed by atoms with van der Waals surface area (Å²) in [5.41, 5.74) is 0.864. The highest BCUT2D eigenvalue weighted by molar-refractivity contribution is 9.11. The molecule has 2 rings (SSSR count). The van der Waals surface area contributed by atoms with E-state index in [2.05, 4.69) is 46.9 Å². The summed E-state index contributed by atoms with van der Waals surface area (Å²) >= 11 is 6.63. The maximum atomic E-state index is 12.4. The molecule has 1 aromatic carbocycles. The number of aromatic nitrogens is 1. The van der Waals surface area contributed by atoms with Gasteiger partial charge in [-0.05, 0) is 56.1 Å². The molecule has 0 aliphatic carbocycles. The molecule has 8 heteroatoms. The lowest BCUT2D eigenvalue weighted by Gasteiger charge is -2.13. The summed E-state index contributed by atoms with van der Waals surface area (Å²) < 4.78 is 28.7. The molecule has 0 fully saturated rings. The van der Waals surface area contributed by atoms with Crippen LogP contribution in [-0.4, -0.2) is 20.4 Å². The molecule has 0 unspecified atom stereocenters. The molecule has 0 atom stereocenters. The fourth-order valence-electron chi connectivity index (χ4n) is 1.57. The van der Waals surface area contributed by atoms with Gasteiger partial charge in [-0.25, -0.2) is 4.98 Å². The quantitative estimate of drug-likeness (QED) is 0.794. The van der Waals surface area contributed by atoms with E-state index in [1.165, 1.54) is 6.20 Å². The summed E-state index contributed by atoms with van der Waals surface area (Å²) in [6, 6.07) is 8.61. The van der Waals surface area contributed by atoms with Gasteiger partial charge in [-0.1, -0.05) is 6.07 Å². The topological polar surface area (TPSA) is 71.1 Å². The first-order valence-corrected chi connectivity index (χ1v) is 8.62. The monoisotopic (exact) mass is 419 g/mol. The third-order valence-electron chi connectivity index (χ3n) is 2.49. The molecule has 20 heavy (non-hydrogen) atoms. The van der Waals surface area contributed by atoms with Crippen molar-refractivity contribution >= 4 is 53.3 Å². The van der Waals surface area contributed by atoms with Gasteiger partial charge in [0.05, 0.1) is 11.4 Å². The standard InChI is InChI=1S/C12H11Br2N3O2S/c1-15-10-6-3-7-16-12(10)20(18,19)17-11-8(13)4-2-5-9(11)14/h2-7,15,17H,1H3. The number of nitrogens with zero attached hydrogens (tertiary/aromatic N) is 1. The number of rotatable bonds is 4. The van der Waals surface area contributed by atoms with Crippen LogP contribution in [0, 0.1) is 0 Å². The van der Waals surface area contributed by atoms with E-state index in [1.54, 1.807) is 37.4 Å².